The number of hydrogen-bond donors (Lipinski definition) is 0. The predicted octanol–water partition coefficient (Wildman–Crippen LogP) is 0.139. The molecule has 16 nitrogen and oxygen atoms in total. The van der Waals surface area contributed by atoms with Crippen molar-refractivity contribution < 1.29 is 33.0 Å². The van der Waals surface area contributed by atoms with E-state index in [9.17, 15) is 0 Å². The molecule has 9 rings (SSSR count). The summed E-state index contributed by atoms with van der Waals surface area (Å²) in [5, 5.41) is 3.11. The Morgan fingerprint density at radius 3 is 0.726 bits per heavy atom. The van der Waals surface area contributed by atoms with E-state index in [0.717, 1.165) is 111 Å². The lowest BCUT2D eigenvalue weighted by atomic mass is 10.5. The third-order valence-corrected chi connectivity index (χ3v) is 32.2. The standard InChI is InChI=1S/C39H63N9O7P4S3/c1-40-31-34(57(60,43-4-16-50-17-5-43)44-6-18-51-19-7-44)28-37(40)56(49,38-29-35(32-41(38)2)58(61,45-8-20-52-21-9-45)46-10-22-53-23-11-46)39-30-36(33-42(39)3)59(62,47-12-24-54-25-13-47)48-14-26-55-27-15-48/h28-33H,4-27H2,1-3H3. The topological polar surface area (TPSA) is 107 Å². The van der Waals surface area contributed by atoms with Gasteiger partial charge in [-0.15, -0.1) is 0 Å². The van der Waals surface area contributed by atoms with Crippen LogP contribution in [0.25, 0.3) is 0 Å². The van der Waals surface area contributed by atoms with E-state index < -0.39 is 26.2 Å². The van der Waals surface area contributed by atoms with Crippen molar-refractivity contribution in [2.75, 3.05) is 158 Å². The normalized spacial score (nSPS) is 23.6. The summed E-state index contributed by atoms with van der Waals surface area (Å²) in [7, 11) is 2.38. The first-order chi connectivity index (χ1) is 30.0. The first-order valence-corrected chi connectivity index (χ1v) is 31.7. The van der Waals surface area contributed by atoms with Crippen LogP contribution in [0.15, 0.2) is 36.8 Å². The van der Waals surface area contributed by atoms with Crippen molar-refractivity contribution in [3.8, 4) is 0 Å². The van der Waals surface area contributed by atoms with Crippen molar-refractivity contribution in [3.05, 3.63) is 36.8 Å². The summed E-state index contributed by atoms with van der Waals surface area (Å²) in [6.07, 6.45) is -1.10. The van der Waals surface area contributed by atoms with Gasteiger partial charge < -0.3 is 46.7 Å². The number of hydrogen-bond acceptors (Lipinski definition) is 10. The lowest BCUT2D eigenvalue weighted by molar-refractivity contribution is 0.0589. The molecule has 0 saturated carbocycles. The van der Waals surface area contributed by atoms with Gasteiger partial charge in [0, 0.05) is 134 Å². The summed E-state index contributed by atoms with van der Waals surface area (Å²) in [6.45, 7) is 16.6. The van der Waals surface area contributed by atoms with Crippen LogP contribution in [0, 0.1) is 0 Å². The molecule has 0 bridgehead atoms. The van der Waals surface area contributed by atoms with Gasteiger partial charge in [0.2, 0.25) is 7.14 Å². The average Bonchev–Trinajstić information content (AvgIpc) is 4.06. The number of rotatable bonds is 12. The molecule has 3 aromatic rings. The Bertz CT molecular complexity index is 1930. The molecule has 0 N–H and O–H groups in total. The molecule has 344 valence electrons. The van der Waals surface area contributed by atoms with Crippen LogP contribution in [0.5, 0.6) is 0 Å². The Balaban J connectivity index is 1.24. The van der Waals surface area contributed by atoms with Gasteiger partial charge in [0.05, 0.1) is 95.6 Å². The third-order valence-electron chi connectivity index (χ3n) is 13.1. The Kier molecular flexibility index (Phi) is 14.8. The van der Waals surface area contributed by atoms with E-state index in [1.165, 1.54) is 0 Å². The molecule has 23 heteroatoms. The van der Waals surface area contributed by atoms with Crippen molar-refractivity contribution in [1.82, 2.24) is 41.7 Å². The zero-order chi connectivity index (χ0) is 43.1. The van der Waals surface area contributed by atoms with Gasteiger partial charge in [-0.25, -0.2) is 0 Å². The highest BCUT2D eigenvalue weighted by Crippen LogP contribution is 2.57. The Morgan fingerprint density at radius 1 is 0.371 bits per heavy atom. The fraction of sp³-hybridized carbons (Fsp3) is 0.692. The van der Waals surface area contributed by atoms with E-state index >= 15 is 4.57 Å². The number of nitrogens with zero attached hydrogens (tertiary/aromatic N) is 9. The molecular weight excluding hydrogens is 927 g/mol. The average molecular weight is 990 g/mol. The highest BCUT2D eigenvalue weighted by atomic mass is 32.5. The molecule has 62 heavy (non-hydrogen) atoms. The van der Waals surface area contributed by atoms with E-state index in [0.29, 0.717) is 79.3 Å². The first-order valence-electron chi connectivity index (χ1n) is 21.9. The minimum Gasteiger partial charge on any atom is -0.379 e. The van der Waals surface area contributed by atoms with Gasteiger partial charge in [0.1, 0.15) is 19.0 Å². The SMILES string of the molecule is Cn1cc(P(=S)(N2CCOCC2)N2CCOCC2)cc1P(=O)(c1cc(P(=S)(N2CCOCC2)N2CCOCC2)cn1C)c1cc(P(=S)(N2CCOCC2)N2CCOCC2)cn1C. The summed E-state index contributed by atoms with van der Waals surface area (Å²) in [5.41, 5.74) is 2.21. The maximum Gasteiger partial charge on any atom is 0.217 e. The zero-order valence-electron chi connectivity index (χ0n) is 36.3. The Labute approximate surface area is 382 Å². The molecule has 0 aromatic carbocycles. The quantitative estimate of drug-likeness (QED) is 0.230. The highest BCUT2D eigenvalue weighted by Gasteiger charge is 2.46. The Morgan fingerprint density at radius 2 is 0.548 bits per heavy atom. The monoisotopic (exact) mass is 989 g/mol. The van der Waals surface area contributed by atoms with Crippen LogP contribution in [0.4, 0.5) is 0 Å². The van der Waals surface area contributed by atoms with Gasteiger partial charge in [0.25, 0.3) is 0 Å². The van der Waals surface area contributed by atoms with E-state index in [2.05, 4.69) is 78.5 Å². The lowest BCUT2D eigenvalue weighted by Crippen LogP contribution is -2.46. The van der Waals surface area contributed by atoms with Crippen LogP contribution >= 0.6 is 26.2 Å². The molecule has 6 fully saturated rings. The van der Waals surface area contributed by atoms with E-state index in [4.69, 9.17) is 63.8 Å². The van der Waals surface area contributed by atoms with Crippen molar-refractivity contribution in [1.29, 1.82) is 0 Å². The number of morpholine rings is 6. The number of aryl methyl sites for hydroxylation is 3. The summed E-state index contributed by atoms with van der Waals surface area (Å²) in [5.74, 6) is 0. The molecule has 0 amide bonds. The molecule has 6 aliphatic heterocycles. The second-order valence-corrected chi connectivity index (χ2v) is 32.0. The highest BCUT2D eigenvalue weighted by molar-refractivity contribution is 8.16. The summed E-state index contributed by atoms with van der Waals surface area (Å²) >= 11 is 20.8. The van der Waals surface area contributed by atoms with Crippen molar-refractivity contribution in [2.45, 2.75) is 0 Å². The Hall–Kier alpha value is -0.460. The van der Waals surface area contributed by atoms with Crippen molar-refractivity contribution >= 4 is 93.8 Å². The maximum atomic E-state index is 17.4. The van der Waals surface area contributed by atoms with Gasteiger partial charge >= 0.3 is 0 Å². The van der Waals surface area contributed by atoms with E-state index in [1.807, 2.05) is 21.1 Å². The van der Waals surface area contributed by atoms with Crippen LogP contribution in [0.2, 0.25) is 0 Å². The van der Waals surface area contributed by atoms with Crippen LogP contribution < -0.4 is 32.2 Å². The maximum absolute atomic E-state index is 17.4. The molecule has 9 heterocycles. The van der Waals surface area contributed by atoms with Gasteiger partial charge in [-0.1, -0.05) is 35.4 Å². The third kappa shape index (κ3) is 8.43. The van der Waals surface area contributed by atoms with Crippen molar-refractivity contribution in [2.24, 2.45) is 21.1 Å². The largest absolute Gasteiger partial charge is 0.379 e. The van der Waals surface area contributed by atoms with Gasteiger partial charge in [-0.05, 0) is 18.2 Å². The first kappa shape index (κ1) is 46.6. The molecule has 0 atom stereocenters. The molecule has 6 saturated heterocycles. The molecular formula is C39H63N9O7P4S3. The summed E-state index contributed by atoms with van der Waals surface area (Å²) in [4.78, 5) is 0. The van der Waals surface area contributed by atoms with Gasteiger partial charge in [-0.3, -0.25) is 28.0 Å². The predicted molar refractivity (Wildman–Crippen MR) is 259 cm³/mol. The lowest BCUT2D eigenvalue weighted by Gasteiger charge is -2.45. The smallest absolute Gasteiger partial charge is 0.217 e. The molecule has 3 aromatic heterocycles. The molecule has 0 spiro atoms. The molecule has 6 aliphatic rings. The van der Waals surface area contributed by atoms with Gasteiger partial charge in [0.15, 0.2) is 0 Å². The summed E-state index contributed by atoms with van der Waals surface area (Å²) < 4.78 is 73.6. The second-order valence-electron chi connectivity index (χ2n) is 16.6. The summed E-state index contributed by atoms with van der Waals surface area (Å²) in [6, 6.07) is 6.56. The van der Waals surface area contributed by atoms with Crippen molar-refractivity contribution in [3.63, 3.8) is 0 Å². The number of ether oxygens (including phenoxy) is 6. The van der Waals surface area contributed by atoms with Gasteiger partial charge in [-0.2, -0.15) is 0 Å². The second kappa shape index (κ2) is 19.6. The fourth-order valence-corrected chi connectivity index (χ4v) is 26.3. The van der Waals surface area contributed by atoms with Crippen LogP contribution in [-0.4, -0.2) is 200 Å². The van der Waals surface area contributed by atoms with E-state index in [1.54, 1.807) is 0 Å². The minimum atomic E-state index is -3.73. The fourth-order valence-electron chi connectivity index (χ4n) is 9.84. The molecule has 0 unspecified atom stereocenters. The van der Waals surface area contributed by atoms with Crippen LogP contribution in [0.3, 0.4) is 0 Å². The van der Waals surface area contributed by atoms with Crippen LogP contribution in [0.1, 0.15) is 0 Å². The molecule has 0 radical (unpaired) electrons. The van der Waals surface area contributed by atoms with E-state index in [-0.39, 0.29) is 0 Å². The number of aromatic nitrogens is 3. The minimum absolute atomic E-state index is 0.635. The molecule has 0 aliphatic carbocycles. The zero-order valence-corrected chi connectivity index (χ0v) is 42.4. The van der Waals surface area contributed by atoms with Crippen LogP contribution in [-0.2, 0) is 89.5 Å².